The number of piperidine rings is 1. The minimum Gasteiger partial charge on any atom is -0.347 e. The predicted octanol–water partition coefficient (Wildman–Crippen LogP) is 2.30. The van der Waals surface area contributed by atoms with Gasteiger partial charge in [0, 0.05) is 18.6 Å². The van der Waals surface area contributed by atoms with Crippen molar-refractivity contribution in [2.45, 2.75) is 70.4 Å². The Balaban J connectivity index is 1.56. The van der Waals surface area contributed by atoms with Crippen LogP contribution in [0, 0.1) is 6.92 Å². The molecule has 6 nitrogen and oxygen atoms in total. The van der Waals surface area contributed by atoms with Gasteiger partial charge in [-0.1, -0.05) is 30.8 Å². The molecule has 1 aromatic heterocycles. The van der Waals surface area contributed by atoms with Gasteiger partial charge in [0.05, 0.1) is 0 Å². The molecule has 2 heterocycles. The maximum absolute atomic E-state index is 12.2. The molecule has 1 aliphatic carbocycles. The first-order valence-corrected chi connectivity index (χ1v) is 8.58. The molecule has 0 unspecified atom stereocenters. The molecule has 2 fully saturated rings. The number of aromatic nitrogens is 2. The highest BCUT2D eigenvalue weighted by molar-refractivity contribution is 5.93. The SMILES string of the molecule is Cc1nonc1C(=O)N[C@H]1CCCN(C2CCCCCC2)C1. The lowest BCUT2D eigenvalue weighted by Crippen LogP contribution is -2.51. The summed E-state index contributed by atoms with van der Waals surface area (Å²) < 4.78 is 4.61. The number of rotatable bonds is 3. The Bertz CT molecular complexity index is 494. The molecule has 0 radical (unpaired) electrons. The van der Waals surface area contributed by atoms with Crippen LogP contribution in [-0.4, -0.2) is 46.3 Å². The molecule has 0 bridgehead atoms. The van der Waals surface area contributed by atoms with Gasteiger partial charge in [0.2, 0.25) is 0 Å². The van der Waals surface area contributed by atoms with E-state index in [0.29, 0.717) is 17.4 Å². The highest BCUT2D eigenvalue weighted by Crippen LogP contribution is 2.24. The van der Waals surface area contributed by atoms with Crippen molar-refractivity contribution < 1.29 is 9.42 Å². The van der Waals surface area contributed by atoms with E-state index in [-0.39, 0.29) is 11.9 Å². The Hall–Kier alpha value is -1.43. The third kappa shape index (κ3) is 3.66. The van der Waals surface area contributed by atoms with Crippen molar-refractivity contribution in [3.8, 4) is 0 Å². The topological polar surface area (TPSA) is 71.3 Å². The number of nitrogens with zero attached hydrogens (tertiary/aromatic N) is 3. The van der Waals surface area contributed by atoms with E-state index in [1.165, 1.54) is 45.1 Å². The van der Waals surface area contributed by atoms with Crippen molar-refractivity contribution in [3.63, 3.8) is 0 Å². The maximum atomic E-state index is 12.2. The van der Waals surface area contributed by atoms with Gasteiger partial charge in [-0.3, -0.25) is 9.69 Å². The van der Waals surface area contributed by atoms with Crippen LogP contribution >= 0.6 is 0 Å². The van der Waals surface area contributed by atoms with Gasteiger partial charge in [-0.05, 0) is 44.3 Å². The van der Waals surface area contributed by atoms with Crippen LogP contribution in [0.5, 0.6) is 0 Å². The van der Waals surface area contributed by atoms with Gasteiger partial charge >= 0.3 is 0 Å². The largest absolute Gasteiger partial charge is 0.347 e. The molecule has 122 valence electrons. The maximum Gasteiger partial charge on any atom is 0.275 e. The fourth-order valence-electron chi connectivity index (χ4n) is 3.77. The summed E-state index contributed by atoms with van der Waals surface area (Å²) in [4.78, 5) is 14.8. The van der Waals surface area contributed by atoms with Crippen molar-refractivity contribution in [2.75, 3.05) is 13.1 Å². The summed E-state index contributed by atoms with van der Waals surface area (Å²) in [5.41, 5.74) is 0.862. The number of carbonyl (C=O) groups excluding carboxylic acids is 1. The fourth-order valence-corrected chi connectivity index (χ4v) is 3.77. The predicted molar refractivity (Wildman–Crippen MR) is 82.6 cm³/mol. The molecule has 1 N–H and O–H groups in total. The monoisotopic (exact) mass is 306 g/mol. The van der Waals surface area contributed by atoms with E-state index >= 15 is 0 Å². The van der Waals surface area contributed by atoms with Crippen LogP contribution in [0.2, 0.25) is 0 Å². The summed E-state index contributed by atoms with van der Waals surface area (Å²) in [5, 5.41) is 10.5. The van der Waals surface area contributed by atoms with E-state index < -0.39 is 0 Å². The van der Waals surface area contributed by atoms with Gasteiger partial charge in [0.15, 0.2) is 5.69 Å². The lowest BCUT2D eigenvalue weighted by molar-refractivity contribution is 0.0851. The average Bonchev–Trinajstić information content (AvgIpc) is 2.78. The lowest BCUT2D eigenvalue weighted by atomic mass is 10.00. The van der Waals surface area contributed by atoms with Crippen LogP contribution in [0.4, 0.5) is 0 Å². The first-order chi connectivity index (χ1) is 10.7. The zero-order valence-corrected chi connectivity index (χ0v) is 13.4. The summed E-state index contributed by atoms with van der Waals surface area (Å²) in [6.45, 7) is 3.87. The number of hydrogen-bond acceptors (Lipinski definition) is 5. The highest BCUT2D eigenvalue weighted by atomic mass is 16.6. The van der Waals surface area contributed by atoms with Crippen LogP contribution in [0.15, 0.2) is 4.63 Å². The molecule has 22 heavy (non-hydrogen) atoms. The van der Waals surface area contributed by atoms with Gasteiger partial charge in [-0.2, -0.15) is 0 Å². The Labute approximate surface area is 131 Å². The number of hydrogen-bond donors (Lipinski definition) is 1. The minimum absolute atomic E-state index is 0.161. The normalized spacial score (nSPS) is 24.9. The first-order valence-electron chi connectivity index (χ1n) is 8.58. The quantitative estimate of drug-likeness (QED) is 0.868. The second-order valence-corrected chi connectivity index (χ2v) is 6.65. The second-order valence-electron chi connectivity index (χ2n) is 6.65. The van der Waals surface area contributed by atoms with Crippen molar-refractivity contribution in [2.24, 2.45) is 0 Å². The third-order valence-electron chi connectivity index (χ3n) is 5.00. The van der Waals surface area contributed by atoms with Gasteiger partial charge in [0.1, 0.15) is 5.69 Å². The standard InChI is InChI=1S/C16H26N4O2/c1-12-15(19-22-18-12)16(21)17-13-7-6-10-20(11-13)14-8-4-2-3-5-9-14/h13-14H,2-11H2,1H3,(H,17,21)/t13-/m0/s1. The summed E-state index contributed by atoms with van der Waals surface area (Å²) in [6.07, 6.45) is 10.3. The average molecular weight is 306 g/mol. The fraction of sp³-hybridized carbons (Fsp3) is 0.812. The van der Waals surface area contributed by atoms with Crippen molar-refractivity contribution in [1.29, 1.82) is 0 Å². The van der Waals surface area contributed by atoms with Gasteiger partial charge in [-0.25, -0.2) is 4.63 Å². The first kappa shape index (κ1) is 15.5. The Morgan fingerprint density at radius 3 is 2.59 bits per heavy atom. The third-order valence-corrected chi connectivity index (χ3v) is 5.00. The molecular formula is C16H26N4O2. The van der Waals surface area contributed by atoms with E-state index in [2.05, 4.69) is 25.2 Å². The van der Waals surface area contributed by atoms with E-state index in [1.54, 1.807) is 6.92 Å². The Morgan fingerprint density at radius 1 is 1.14 bits per heavy atom. The number of amides is 1. The van der Waals surface area contributed by atoms with Gasteiger partial charge < -0.3 is 5.32 Å². The summed E-state index contributed by atoms with van der Waals surface area (Å²) in [7, 11) is 0. The number of aryl methyl sites for hydroxylation is 1. The zero-order chi connectivity index (χ0) is 15.4. The lowest BCUT2D eigenvalue weighted by Gasteiger charge is -2.38. The van der Waals surface area contributed by atoms with Gasteiger partial charge in [0.25, 0.3) is 5.91 Å². The number of nitrogens with one attached hydrogen (secondary N) is 1. The number of likely N-dealkylation sites (tertiary alicyclic amines) is 1. The van der Waals surface area contributed by atoms with E-state index in [1.807, 2.05) is 0 Å². The molecule has 2 aliphatic rings. The minimum atomic E-state index is -0.161. The summed E-state index contributed by atoms with van der Waals surface area (Å²) in [5.74, 6) is -0.161. The molecule has 1 aromatic rings. The van der Waals surface area contributed by atoms with Crippen molar-refractivity contribution in [1.82, 2.24) is 20.5 Å². The van der Waals surface area contributed by atoms with Crippen molar-refractivity contribution >= 4 is 5.91 Å². The van der Waals surface area contributed by atoms with Crippen LogP contribution < -0.4 is 5.32 Å². The molecule has 1 amide bonds. The van der Waals surface area contributed by atoms with E-state index in [9.17, 15) is 4.79 Å². The van der Waals surface area contributed by atoms with Crippen molar-refractivity contribution in [3.05, 3.63) is 11.4 Å². The summed E-state index contributed by atoms with van der Waals surface area (Å²) >= 11 is 0. The van der Waals surface area contributed by atoms with Crippen LogP contribution in [0.1, 0.15) is 67.5 Å². The Kier molecular flexibility index (Phi) is 5.08. The van der Waals surface area contributed by atoms with Gasteiger partial charge in [-0.15, -0.1) is 0 Å². The molecule has 1 aliphatic heterocycles. The molecule has 3 rings (SSSR count). The molecule has 0 aromatic carbocycles. The van der Waals surface area contributed by atoms with E-state index in [0.717, 1.165) is 19.4 Å². The number of carbonyl (C=O) groups is 1. The molecule has 1 atom stereocenters. The molecule has 1 saturated carbocycles. The van der Waals surface area contributed by atoms with E-state index in [4.69, 9.17) is 0 Å². The smallest absolute Gasteiger partial charge is 0.275 e. The molecule has 6 heteroatoms. The van der Waals surface area contributed by atoms with Crippen LogP contribution in [0.25, 0.3) is 0 Å². The summed E-state index contributed by atoms with van der Waals surface area (Å²) in [6, 6.07) is 0.915. The highest BCUT2D eigenvalue weighted by Gasteiger charge is 2.28. The van der Waals surface area contributed by atoms with Crippen LogP contribution in [0.3, 0.4) is 0 Å². The zero-order valence-electron chi connectivity index (χ0n) is 13.4. The molecular weight excluding hydrogens is 280 g/mol. The Morgan fingerprint density at radius 2 is 1.91 bits per heavy atom. The molecule has 1 saturated heterocycles. The van der Waals surface area contributed by atoms with Crippen LogP contribution in [-0.2, 0) is 0 Å². The second kappa shape index (κ2) is 7.22. The molecule has 0 spiro atoms.